The highest BCUT2D eigenvalue weighted by Gasteiger charge is 2.34. The van der Waals surface area contributed by atoms with Gasteiger partial charge in [0.25, 0.3) is 5.91 Å². The number of likely N-dealkylation sites (tertiary alicyclic amines) is 1. The van der Waals surface area contributed by atoms with Crippen molar-refractivity contribution < 1.29 is 18.4 Å². The van der Waals surface area contributed by atoms with Gasteiger partial charge in [-0.3, -0.25) is 9.59 Å². The molecule has 1 aliphatic heterocycles. The molecular weight excluding hydrogens is 338 g/mol. The van der Waals surface area contributed by atoms with Crippen molar-refractivity contribution in [1.82, 2.24) is 10.2 Å². The average Bonchev–Trinajstić information content (AvgIpc) is 3.14. The van der Waals surface area contributed by atoms with E-state index in [0.29, 0.717) is 18.5 Å². The Labute approximate surface area is 150 Å². The fourth-order valence-electron chi connectivity index (χ4n) is 3.23. The summed E-state index contributed by atoms with van der Waals surface area (Å²) in [6.07, 6.45) is 1.39. The van der Waals surface area contributed by atoms with Crippen molar-refractivity contribution in [2.75, 3.05) is 13.1 Å². The summed E-state index contributed by atoms with van der Waals surface area (Å²) in [4.78, 5) is 26.6. The SMILES string of the molecule is O=C(NCCc1c(F)cccc1F)C1CCCN1C(=O)c1ccccc1. The van der Waals surface area contributed by atoms with Crippen LogP contribution in [0.5, 0.6) is 0 Å². The molecule has 2 amide bonds. The van der Waals surface area contributed by atoms with E-state index in [2.05, 4.69) is 5.32 Å². The fraction of sp³-hybridized carbons (Fsp3) is 0.300. The first kappa shape index (κ1) is 18.0. The molecule has 2 aromatic carbocycles. The second-order valence-electron chi connectivity index (χ2n) is 6.26. The molecule has 3 rings (SSSR count). The lowest BCUT2D eigenvalue weighted by Crippen LogP contribution is -2.46. The van der Waals surface area contributed by atoms with Crippen molar-refractivity contribution in [2.24, 2.45) is 0 Å². The predicted molar refractivity (Wildman–Crippen MR) is 93.6 cm³/mol. The van der Waals surface area contributed by atoms with Crippen molar-refractivity contribution in [3.8, 4) is 0 Å². The second-order valence-corrected chi connectivity index (χ2v) is 6.26. The highest BCUT2D eigenvalue weighted by molar-refractivity contribution is 5.97. The van der Waals surface area contributed by atoms with Gasteiger partial charge in [0.05, 0.1) is 0 Å². The molecule has 4 nitrogen and oxygen atoms in total. The number of benzene rings is 2. The molecule has 0 bridgehead atoms. The summed E-state index contributed by atoms with van der Waals surface area (Å²) in [6, 6.07) is 12.0. The van der Waals surface area contributed by atoms with Gasteiger partial charge in [0.1, 0.15) is 17.7 Å². The van der Waals surface area contributed by atoms with Crippen LogP contribution in [0.4, 0.5) is 8.78 Å². The zero-order valence-corrected chi connectivity index (χ0v) is 14.3. The van der Waals surface area contributed by atoms with Crippen molar-refractivity contribution in [3.05, 3.63) is 71.3 Å². The van der Waals surface area contributed by atoms with Gasteiger partial charge in [0, 0.05) is 24.2 Å². The van der Waals surface area contributed by atoms with Gasteiger partial charge in [-0.25, -0.2) is 8.78 Å². The number of halogens is 2. The Morgan fingerprint density at radius 1 is 1.04 bits per heavy atom. The summed E-state index contributed by atoms with van der Waals surface area (Å²) in [5.41, 5.74) is 0.497. The Balaban J connectivity index is 1.59. The van der Waals surface area contributed by atoms with Crippen LogP contribution in [0.2, 0.25) is 0 Å². The third kappa shape index (κ3) is 3.90. The summed E-state index contributed by atoms with van der Waals surface area (Å²) in [5.74, 6) is -1.71. The van der Waals surface area contributed by atoms with Crippen LogP contribution in [0.15, 0.2) is 48.5 Å². The summed E-state index contributed by atoms with van der Waals surface area (Å²) in [6.45, 7) is 0.633. The Morgan fingerprint density at radius 2 is 1.73 bits per heavy atom. The minimum Gasteiger partial charge on any atom is -0.354 e. The van der Waals surface area contributed by atoms with Gasteiger partial charge >= 0.3 is 0 Å². The third-order valence-electron chi connectivity index (χ3n) is 4.57. The molecule has 1 heterocycles. The van der Waals surface area contributed by atoms with E-state index < -0.39 is 17.7 Å². The molecule has 1 aliphatic rings. The molecule has 0 saturated carbocycles. The monoisotopic (exact) mass is 358 g/mol. The molecule has 0 spiro atoms. The smallest absolute Gasteiger partial charge is 0.254 e. The van der Waals surface area contributed by atoms with Crippen LogP contribution >= 0.6 is 0 Å². The van der Waals surface area contributed by atoms with E-state index in [1.165, 1.54) is 18.2 Å². The van der Waals surface area contributed by atoms with Crippen LogP contribution in [0, 0.1) is 11.6 Å². The quantitative estimate of drug-likeness (QED) is 0.893. The van der Waals surface area contributed by atoms with Gasteiger partial charge in [0.15, 0.2) is 0 Å². The first-order valence-corrected chi connectivity index (χ1v) is 8.64. The van der Waals surface area contributed by atoms with Gasteiger partial charge in [-0.1, -0.05) is 24.3 Å². The van der Waals surface area contributed by atoms with Crippen LogP contribution in [0.3, 0.4) is 0 Å². The largest absolute Gasteiger partial charge is 0.354 e. The van der Waals surface area contributed by atoms with Gasteiger partial charge in [-0.15, -0.1) is 0 Å². The first-order valence-electron chi connectivity index (χ1n) is 8.64. The van der Waals surface area contributed by atoms with Crippen LogP contribution in [-0.2, 0) is 11.2 Å². The summed E-state index contributed by atoms with van der Waals surface area (Å²) < 4.78 is 27.3. The maximum absolute atomic E-state index is 13.6. The molecule has 1 fully saturated rings. The minimum absolute atomic E-state index is 0.0450. The van der Waals surface area contributed by atoms with Crippen LogP contribution in [-0.4, -0.2) is 35.8 Å². The van der Waals surface area contributed by atoms with E-state index >= 15 is 0 Å². The second kappa shape index (κ2) is 8.08. The number of hydrogen-bond acceptors (Lipinski definition) is 2. The Morgan fingerprint density at radius 3 is 2.42 bits per heavy atom. The lowest BCUT2D eigenvalue weighted by Gasteiger charge is -2.24. The molecule has 0 aliphatic carbocycles. The lowest BCUT2D eigenvalue weighted by molar-refractivity contribution is -0.124. The molecule has 1 N–H and O–H groups in total. The number of nitrogens with one attached hydrogen (secondary N) is 1. The number of nitrogens with zero attached hydrogens (tertiary/aromatic N) is 1. The standard InChI is InChI=1S/C20H20F2N2O2/c21-16-8-4-9-17(22)15(16)11-12-23-19(25)18-10-5-13-24(18)20(26)14-6-2-1-3-7-14/h1-4,6-9,18H,5,10-13H2,(H,23,25). The average molecular weight is 358 g/mol. The molecule has 2 aromatic rings. The maximum Gasteiger partial charge on any atom is 0.254 e. The molecule has 0 aromatic heterocycles. The van der Waals surface area contributed by atoms with E-state index in [4.69, 9.17) is 0 Å². The topological polar surface area (TPSA) is 49.4 Å². The fourth-order valence-corrected chi connectivity index (χ4v) is 3.23. The van der Waals surface area contributed by atoms with Gasteiger partial charge in [-0.2, -0.15) is 0 Å². The van der Waals surface area contributed by atoms with E-state index in [1.807, 2.05) is 6.07 Å². The van der Waals surface area contributed by atoms with Crippen molar-refractivity contribution in [2.45, 2.75) is 25.3 Å². The minimum atomic E-state index is -0.624. The highest BCUT2D eigenvalue weighted by Crippen LogP contribution is 2.20. The number of carbonyl (C=O) groups excluding carboxylic acids is 2. The van der Waals surface area contributed by atoms with E-state index in [1.54, 1.807) is 29.2 Å². The highest BCUT2D eigenvalue weighted by atomic mass is 19.1. The summed E-state index contributed by atoms with van der Waals surface area (Å²) >= 11 is 0. The maximum atomic E-state index is 13.6. The van der Waals surface area contributed by atoms with Crippen LogP contribution < -0.4 is 5.32 Å². The van der Waals surface area contributed by atoms with Gasteiger partial charge < -0.3 is 10.2 Å². The summed E-state index contributed by atoms with van der Waals surface area (Å²) in [7, 11) is 0. The van der Waals surface area contributed by atoms with Crippen molar-refractivity contribution >= 4 is 11.8 Å². The first-order chi connectivity index (χ1) is 12.6. The molecule has 26 heavy (non-hydrogen) atoms. The zero-order valence-electron chi connectivity index (χ0n) is 14.3. The van der Waals surface area contributed by atoms with Crippen molar-refractivity contribution in [3.63, 3.8) is 0 Å². The Bertz CT molecular complexity index is 775. The molecule has 1 atom stereocenters. The molecule has 1 saturated heterocycles. The van der Waals surface area contributed by atoms with Crippen LogP contribution in [0.25, 0.3) is 0 Å². The summed E-state index contributed by atoms with van der Waals surface area (Å²) in [5, 5.41) is 2.70. The van der Waals surface area contributed by atoms with Gasteiger partial charge in [0.2, 0.25) is 5.91 Å². The van der Waals surface area contributed by atoms with E-state index in [9.17, 15) is 18.4 Å². The predicted octanol–water partition coefficient (Wildman–Crippen LogP) is 2.93. The third-order valence-corrected chi connectivity index (χ3v) is 4.57. The number of carbonyl (C=O) groups is 2. The number of amides is 2. The van der Waals surface area contributed by atoms with Gasteiger partial charge in [-0.05, 0) is 43.5 Å². The molecule has 136 valence electrons. The molecule has 0 radical (unpaired) electrons. The molecule has 6 heteroatoms. The molecular formula is C20H20F2N2O2. The Hall–Kier alpha value is -2.76. The van der Waals surface area contributed by atoms with E-state index in [0.717, 1.165) is 6.42 Å². The van der Waals surface area contributed by atoms with Crippen LogP contribution in [0.1, 0.15) is 28.8 Å². The van der Waals surface area contributed by atoms with E-state index in [-0.39, 0.29) is 30.3 Å². The lowest BCUT2D eigenvalue weighted by atomic mass is 10.1. The normalized spacial score (nSPS) is 16.5. The number of rotatable bonds is 5. The number of hydrogen-bond donors (Lipinski definition) is 1. The zero-order chi connectivity index (χ0) is 18.5. The Kier molecular flexibility index (Phi) is 5.61. The molecule has 1 unspecified atom stereocenters. The van der Waals surface area contributed by atoms with Crippen molar-refractivity contribution in [1.29, 1.82) is 0 Å².